The van der Waals surface area contributed by atoms with Crippen LogP contribution in [-0.4, -0.2) is 29.8 Å². The van der Waals surface area contributed by atoms with Crippen LogP contribution in [0.2, 0.25) is 0 Å². The fraction of sp³-hybridized carbons (Fsp3) is 0.200. The van der Waals surface area contributed by atoms with E-state index in [0.29, 0.717) is 12.5 Å². The highest BCUT2D eigenvalue weighted by Gasteiger charge is 2.03. The zero-order valence-corrected chi connectivity index (χ0v) is 9.25. The molecule has 3 aromatic heterocycles. The maximum Gasteiger partial charge on any atom is 0.243 e. The highest BCUT2D eigenvalue weighted by molar-refractivity contribution is 5.45. The number of fused-ring (bicyclic) bond motifs is 1. The van der Waals surface area contributed by atoms with E-state index < -0.39 is 0 Å². The number of aryl methyl sites for hydroxylation is 1. The number of anilines is 1. The molecular formula is C10H11N7. The summed E-state index contributed by atoms with van der Waals surface area (Å²) < 4.78 is 1.73. The zero-order chi connectivity index (χ0) is 11.7. The van der Waals surface area contributed by atoms with Crippen LogP contribution in [0.1, 0.15) is 11.4 Å². The molecular weight excluding hydrogens is 218 g/mol. The van der Waals surface area contributed by atoms with Crippen LogP contribution in [0.4, 0.5) is 5.95 Å². The van der Waals surface area contributed by atoms with Gasteiger partial charge in [-0.15, -0.1) is 5.10 Å². The summed E-state index contributed by atoms with van der Waals surface area (Å²) in [4.78, 5) is 8.36. The van der Waals surface area contributed by atoms with Crippen molar-refractivity contribution < 1.29 is 0 Å². The van der Waals surface area contributed by atoms with Crippen molar-refractivity contribution >= 4 is 11.6 Å². The molecule has 0 aliphatic heterocycles. The molecule has 3 heterocycles. The SMILES string of the molecule is Cc1ccn2nc(NCc3ncn[nH]3)nc2c1. The second-order valence-electron chi connectivity index (χ2n) is 3.73. The molecule has 0 saturated carbocycles. The molecule has 0 aliphatic carbocycles. The van der Waals surface area contributed by atoms with Crippen molar-refractivity contribution in [2.45, 2.75) is 13.5 Å². The highest BCUT2D eigenvalue weighted by Crippen LogP contribution is 2.07. The van der Waals surface area contributed by atoms with Crippen LogP contribution in [0.25, 0.3) is 5.65 Å². The summed E-state index contributed by atoms with van der Waals surface area (Å²) in [7, 11) is 0. The van der Waals surface area contributed by atoms with E-state index in [0.717, 1.165) is 17.0 Å². The minimum atomic E-state index is 0.524. The first kappa shape index (κ1) is 9.76. The van der Waals surface area contributed by atoms with Gasteiger partial charge in [0.2, 0.25) is 5.95 Å². The number of nitrogens with one attached hydrogen (secondary N) is 2. The molecule has 0 fully saturated rings. The summed E-state index contributed by atoms with van der Waals surface area (Å²) in [6.07, 6.45) is 3.36. The lowest BCUT2D eigenvalue weighted by Crippen LogP contribution is -2.02. The fourth-order valence-electron chi connectivity index (χ4n) is 1.54. The van der Waals surface area contributed by atoms with Crippen molar-refractivity contribution in [2.75, 3.05) is 5.32 Å². The molecule has 2 N–H and O–H groups in total. The molecule has 0 atom stereocenters. The monoisotopic (exact) mass is 229 g/mol. The van der Waals surface area contributed by atoms with E-state index in [1.165, 1.54) is 6.33 Å². The van der Waals surface area contributed by atoms with E-state index in [2.05, 4.69) is 30.6 Å². The highest BCUT2D eigenvalue weighted by atomic mass is 15.3. The van der Waals surface area contributed by atoms with Crippen LogP contribution >= 0.6 is 0 Å². The first-order chi connectivity index (χ1) is 8.31. The van der Waals surface area contributed by atoms with Crippen molar-refractivity contribution in [3.8, 4) is 0 Å². The van der Waals surface area contributed by atoms with Gasteiger partial charge in [0.25, 0.3) is 0 Å². The minimum Gasteiger partial charge on any atom is -0.346 e. The lowest BCUT2D eigenvalue weighted by atomic mass is 10.3. The van der Waals surface area contributed by atoms with Gasteiger partial charge in [-0.1, -0.05) is 0 Å². The second kappa shape index (κ2) is 3.85. The van der Waals surface area contributed by atoms with Crippen LogP contribution in [0.15, 0.2) is 24.7 Å². The minimum absolute atomic E-state index is 0.524. The van der Waals surface area contributed by atoms with Gasteiger partial charge in [-0.05, 0) is 24.6 Å². The molecule has 86 valence electrons. The Hall–Kier alpha value is -2.44. The van der Waals surface area contributed by atoms with Crippen LogP contribution < -0.4 is 5.32 Å². The lowest BCUT2D eigenvalue weighted by Gasteiger charge is -1.95. The summed E-state index contributed by atoms with van der Waals surface area (Å²) in [5.41, 5.74) is 1.98. The first-order valence-electron chi connectivity index (χ1n) is 5.22. The Morgan fingerprint density at radius 2 is 2.41 bits per heavy atom. The average Bonchev–Trinajstić information content (AvgIpc) is 2.94. The van der Waals surface area contributed by atoms with Crippen LogP contribution in [-0.2, 0) is 6.54 Å². The van der Waals surface area contributed by atoms with Crippen molar-refractivity contribution in [1.29, 1.82) is 0 Å². The van der Waals surface area contributed by atoms with Gasteiger partial charge < -0.3 is 5.32 Å². The van der Waals surface area contributed by atoms with Crippen molar-refractivity contribution in [1.82, 2.24) is 29.8 Å². The Morgan fingerprint density at radius 1 is 1.47 bits per heavy atom. The van der Waals surface area contributed by atoms with Gasteiger partial charge in [0.05, 0.1) is 6.54 Å². The first-order valence-corrected chi connectivity index (χ1v) is 5.22. The molecule has 0 radical (unpaired) electrons. The molecule has 0 bridgehead atoms. The molecule has 0 spiro atoms. The predicted molar refractivity (Wildman–Crippen MR) is 61.4 cm³/mol. The van der Waals surface area contributed by atoms with Gasteiger partial charge in [-0.2, -0.15) is 10.1 Å². The quantitative estimate of drug-likeness (QED) is 0.693. The van der Waals surface area contributed by atoms with Crippen molar-refractivity contribution in [2.24, 2.45) is 0 Å². The molecule has 17 heavy (non-hydrogen) atoms. The Labute approximate surface area is 96.9 Å². The number of nitrogens with zero attached hydrogens (tertiary/aromatic N) is 5. The Morgan fingerprint density at radius 3 is 3.24 bits per heavy atom. The number of rotatable bonds is 3. The van der Waals surface area contributed by atoms with Gasteiger partial charge >= 0.3 is 0 Å². The van der Waals surface area contributed by atoms with E-state index in [1.54, 1.807) is 4.52 Å². The third kappa shape index (κ3) is 1.94. The zero-order valence-electron chi connectivity index (χ0n) is 9.25. The number of aromatic amines is 1. The Balaban J connectivity index is 1.81. The van der Waals surface area contributed by atoms with E-state index in [1.807, 2.05) is 25.3 Å². The lowest BCUT2D eigenvalue weighted by molar-refractivity contribution is 0.916. The topological polar surface area (TPSA) is 83.8 Å². The number of pyridine rings is 1. The van der Waals surface area contributed by atoms with E-state index in [9.17, 15) is 0 Å². The predicted octanol–water partition coefficient (Wildman–Crippen LogP) is 0.768. The van der Waals surface area contributed by atoms with Gasteiger partial charge in [0.15, 0.2) is 5.65 Å². The Bertz CT molecular complexity index is 625. The molecule has 7 heteroatoms. The normalized spacial score (nSPS) is 10.9. The molecule has 0 saturated heterocycles. The molecule has 0 amide bonds. The van der Waals surface area contributed by atoms with Crippen molar-refractivity contribution in [3.63, 3.8) is 0 Å². The molecule has 0 aromatic carbocycles. The maximum absolute atomic E-state index is 4.35. The number of H-pyrrole nitrogens is 1. The van der Waals surface area contributed by atoms with Gasteiger partial charge in [0.1, 0.15) is 12.2 Å². The summed E-state index contributed by atoms with van der Waals surface area (Å²) in [5, 5.41) is 13.9. The third-order valence-corrected chi connectivity index (χ3v) is 2.37. The number of aromatic nitrogens is 6. The third-order valence-electron chi connectivity index (χ3n) is 2.37. The van der Waals surface area contributed by atoms with Crippen LogP contribution in [0.5, 0.6) is 0 Å². The molecule has 0 aliphatic rings. The van der Waals surface area contributed by atoms with Gasteiger partial charge in [-0.3, -0.25) is 5.10 Å². The second-order valence-corrected chi connectivity index (χ2v) is 3.73. The number of hydrogen-bond donors (Lipinski definition) is 2. The average molecular weight is 229 g/mol. The van der Waals surface area contributed by atoms with E-state index >= 15 is 0 Å². The smallest absolute Gasteiger partial charge is 0.243 e. The van der Waals surface area contributed by atoms with Gasteiger partial charge in [-0.25, -0.2) is 9.50 Å². The van der Waals surface area contributed by atoms with E-state index in [4.69, 9.17) is 0 Å². The summed E-state index contributed by atoms with van der Waals surface area (Å²) in [6, 6.07) is 3.97. The summed E-state index contributed by atoms with van der Waals surface area (Å²) in [5.74, 6) is 1.33. The Kier molecular flexibility index (Phi) is 2.21. The molecule has 3 aromatic rings. The van der Waals surface area contributed by atoms with E-state index in [-0.39, 0.29) is 0 Å². The number of hydrogen-bond acceptors (Lipinski definition) is 5. The standard InChI is InChI=1S/C10H11N7/c1-7-2-3-17-9(4-7)14-10(16-17)11-5-8-12-6-13-15-8/h2-4,6H,5H2,1H3,(H,11,16)(H,12,13,15). The molecule has 3 rings (SSSR count). The summed E-state index contributed by atoms with van der Waals surface area (Å²) in [6.45, 7) is 2.55. The fourth-order valence-corrected chi connectivity index (χ4v) is 1.54. The van der Waals surface area contributed by atoms with Crippen LogP contribution in [0, 0.1) is 6.92 Å². The largest absolute Gasteiger partial charge is 0.346 e. The van der Waals surface area contributed by atoms with Crippen LogP contribution in [0.3, 0.4) is 0 Å². The molecule has 0 unspecified atom stereocenters. The van der Waals surface area contributed by atoms with Gasteiger partial charge in [0, 0.05) is 6.20 Å². The maximum atomic E-state index is 4.35. The molecule has 7 nitrogen and oxygen atoms in total. The van der Waals surface area contributed by atoms with Crippen molar-refractivity contribution in [3.05, 3.63) is 36.0 Å². The summed E-state index contributed by atoms with van der Waals surface area (Å²) >= 11 is 0.